The lowest BCUT2D eigenvalue weighted by Gasteiger charge is -2.33. The molecule has 0 spiro atoms. The van der Waals surface area contributed by atoms with Crippen LogP contribution < -0.4 is 9.84 Å². The lowest BCUT2D eigenvalue weighted by atomic mass is 9.75. The number of carbonyl (C=O) groups excluding carboxylic acids is 1. The molecular formula is C20H23O3-. The Morgan fingerprint density at radius 2 is 1.74 bits per heavy atom. The van der Waals surface area contributed by atoms with Crippen LogP contribution in [0.3, 0.4) is 0 Å². The Balaban J connectivity index is 2.51. The molecule has 2 rings (SSSR count). The van der Waals surface area contributed by atoms with Crippen LogP contribution in [0.4, 0.5) is 0 Å². The van der Waals surface area contributed by atoms with Gasteiger partial charge in [0.05, 0.1) is 18.5 Å². The zero-order valence-corrected chi connectivity index (χ0v) is 14.1. The Labute approximate surface area is 137 Å². The summed E-state index contributed by atoms with van der Waals surface area (Å²) in [6.45, 7) is 5.99. The molecule has 1 unspecified atom stereocenters. The molecule has 2 aromatic carbocycles. The summed E-state index contributed by atoms with van der Waals surface area (Å²) in [7, 11) is 1.54. The van der Waals surface area contributed by atoms with E-state index < -0.39 is 11.4 Å². The molecule has 1 atom stereocenters. The molecule has 23 heavy (non-hydrogen) atoms. The largest absolute Gasteiger partial charge is 0.549 e. The number of rotatable bonds is 6. The van der Waals surface area contributed by atoms with Crippen LogP contribution in [0.25, 0.3) is 0 Å². The second-order valence-corrected chi connectivity index (χ2v) is 6.41. The molecule has 0 amide bonds. The van der Waals surface area contributed by atoms with E-state index in [1.165, 1.54) is 5.56 Å². The zero-order chi connectivity index (χ0) is 17.0. The van der Waals surface area contributed by atoms with Crippen LogP contribution in [-0.2, 0) is 16.6 Å². The molecule has 0 aliphatic rings. The molecule has 0 fully saturated rings. The van der Waals surface area contributed by atoms with E-state index in [9.17, 15) is 9.90 Å². The summed E-state index contributed by atoms with van der Waals surface area (Å²) in [5.74, 6) is -0.0355. The van der Waals surface area contributed by atoms with Crippen molar-refractivity contribution in [2.24, 2.45) is 5.92 Å². The second kappa shape index (κ2) is 6.86. The van der Waals surface area contributed by atoms with Crippen molar-refractivity contribution in [2.45, 2.75) is 32.6 Å². The first-order chi connectivity index (χ1) is 10.9. The summed E-state index contributed by atoms with van der Waals surface area (Å²) < 4.78 is 5.35. The minimum absolute atomic E-state index is 0.547. The van der Waals surface area contributed by atoms with Gasteiger partial charge in [0, 0.05) is 5.56 Å². The molecule has 0 saturated heterocycles. The van der Waals surface area contributed by atoms with Crippen LogP contribution in [0.5, 0.6) is 5.75 Å². The van der Waals surface area contributed by atoms with E-state index in [0.717, 1.165) is 6.42 Å². The zero-order valence-electron chi connectivity index (χ0n) is 14.1. The van der Waals surface area contributed by atoms with E-state index in [0.29, 0.717) is 22.8 Å². The van der Waals surface area contributed by atoms with Gasteiger partial charge in [-0.1, -0.05) is 56.3 Å². The predicted molar refractivity (Wildman–Crippen MR) is 89.4 cm³/mol. The number of hydrogen-bond donors (Lipinski definition) is 0. The van der Waals surface area contributed by atoms with Crippen molar-refractivity contribution >= 4 is 5.97 Å². The number of methoxy groups -OCH3 is 1. The number of carboxylic acid groups (broad SMARTS) is 1. The van der Waals surface area contributed by atoms with Gasteiger partial charge in [-0.3, -0.25) is 0 Å². The van der Waals surface area contributed by atoms with E-state index in [1.54, 1.807) is 26.2 Å². The van der Waals surface area contributed by atoms with E-state index in [1.807, 2.05) is 36.4 Å². The number of carbonyl (C=O) groups is 1. The monoisotopic (exact) mass is 311 g/mol. The van der Waals surface area contributed by atoms with E-state index >= 15 is 0 Å². The van der Waals surface area contributed by atoms with Crippen molar-refractivity contribution in [3.63, 3.8) is 0 Å². The Morgan fingerprint density at radius 1 is 1.13 bits per heavy atom. The number of hydrogen-bond acceptors (Lipinski definition) is 3. The lowest BCUT2D eigenvalue weighted by molar-refractivity contribution is -0.311. The third-order valence-corrected chi connectivity index (χ3v) is 4.23. The first-order valence-electron chi connectivity index (χ1n) is 7.84. The molecule has 0 aliphatic carbocycles. The summed E-state index contributed by atoms with van der Waals surface area (Å²) in [6.07, 6.45) is 0.969. The minimum atomic E-state index is -1.26. The van der Waals surface area contributed by atoms with Crippen LogP contribution in [0, 0.1) is 5.92 Å². The van der Waals surface area contributed by atoms with Gasteiger partial charge in [0.1, 0.15) is 5.75 Å². The van der Waals surface area contributed by atoms with Gasteiger partial charge >= 0.3 is 0 Å². The van der Waals surface area contributed by atoms with Gasteiger partial charge in [-0.25, -0.2) is 0 Å². The van der Waals surface area contributed by atoms with Gasteiger partial charge < -0.3 is 14.6 Å². The number of aliphatic carboxylic acids is 1. The fourth-order valence-corrected chi connectivity index (χ4v) is 2.89. The third kappa shape index (κ3) is 3.39. The normalized spacial score (nSPS) is 13.6. The molecule has 0 aliphatic heterocycles. The molecular weight excluding hydrogens is 288 g/mol. The maximum Gasteiger partial charge on any atom is 0.123 e. The quantitative estimate of drug-likeness (QED) is 0.824. The van der Waals surface area contributed by atoms with Gasteiger partial charge in [0.15, 0.2) is 0 Å². The van der Waals surface area contributed by atoms with Crippen molar-refractivity contribution in [3.8, 4) is 5.75 Å². The first kappa shape index (κ1) is 17.1. The van der Waals surface area contributed by atoms with Crippen LogP contribution in [0.2, 0.25) is 0 Å². The highest BCUT2D eigenvalue weighted by Crippen LogP contribution is 2.37. The van der Waals surface area contributed by atoms with Gasteiger partial charge in [-0.05, 0) is 36.5 Å². The molecule has 0 bridgehead atoms. The van der Waals surface area contributed by atoms with Crippen molar-refractivity contribution in [3.05, 3.63) is 65.2 Å². The molecule has 122 valence electrons. The Morgan fingerprint density at radius 3 is 2.26 bits per heavy atom. The maximum atomic E-state index is 12.0. The van der Waals surface area contributed by atoms with E-state index in [2.05, 4.69) is 13.8 Å². The molecule has 2 aromatic rings. The average molecular weight is 311 g/mol. The first-order valence-corrected chi connectivity index (χ1v) is 7.84. The molecule has 3 nitrogen and oxygen atoms in total. The number of carboxylic acids is 1. The Kier molecular flexibility index (Phi) is 5.09. The summed E-state index contributed by atoms with van der Waals surface area (Å²) in [5, 5.41) is 12.0. The third-order valence-electron chi connectivity index (χ3n) is 4.23. The van der Waals surface area contributed by atoms with Crippen molar-refractivity contribution < 1.29 is 14.6 Å². The second-order valence-electron chi connectivity index (χ2n) is 6.41. The lowest BCUT2D eigenvalue weighted by Crippen LogP contribution is -2.44. The molecule has 0 heterocycles. The smallest absolute Gasteiger partial charge is 0.123 e. The Bertz CT molecular complexity index is 674. The summed E-state index contributed by atoms with van der Waals surface area (Å²) in [5.41, 5.74) is 1.22. The number of para-hydroxylation sites is 1. The minimum Gasteiger partial charge on any atom is -0.549 e. The highest BCUT2D eigenvalue weighted by molar-refractivity contribution is 5.85. The van der Waals surface area contributed by atoms with Crippen LogP contribution in [-0.4, -0.2) is 13.1 Å². The highest BCUT2D eigenvalue weighted by Gasteiger charge is 2.33. The van der Waals surface area contributed by atoms with Gasteiger partial charge in [0.2, 0.25) is 0 Å². The number of ether oxygens (including phenoxy) is 1. The van der Waals surface area contributed by atoms with Gasteiger partial charge in [-0.15, -0.1) is 0 Å². The topological polar surface area (TPSA) is 49.4 Å². The molecule has 0 saturated carbocycles. The number of benzene rings is 2. The van der Waals surface area contributed by atoms with Crippen molar-refractivity contribution in [2.75, 3.05) is 7.11 Å². The molecule has 0 aromatic heterocycles. The maximum absolute atomic E-state index is 12.0. The van der Waals surface area contributed by atoms with Crippen LogP contribution >= 0.6 is 0 Å². The summed E-state index contributed by atoms with van der Waals surface area (Å²) in [6, 6.07) is 14.9. The summed E-state index contributed by atoms with van der Waals surface area (Å²) >= 11 is 0. The Hall–Kier alpha value is -2.29. The molecule has 0 radical (unpaired) electrons. The van der Waals surface area contributed by atoms with E-state index in [-0.39, 0.29) is 0 Å². The fraction of sp³-hybridized carbons (Fsp3) is 0.350. The van der Waals surface area contributed by atoms with Gasteiger partial charge in [0.25, 0.3) is 0 Å². The van der Waals surface area contributed by atoms with Gasteiger partial charge in [-0.2, -0.15) is 0 Å². The average Bonchev–Trinajstić information content (AvgIpc) is 2.54. The molecule has 0 N–H and O–H groups in total. The van der Waals surface area contributed by atoms with Crippen molar-refractivity contribution in [1.82, 2.24) is 0 Å². The standard InChI is InChI=1S/C20H24O3/c1-14(2)13-15-9-11-16(12-10-15)20(3,19(21)22)17-7-5-6-8-18(17)23-4/h5-12,14H,13H2,1-4H3,(H,21,22)/p-1. The van der Waals surface area contributed by atoms with E-state index in [4.69, 9.17) is 4.74 Å². The fourth-order valence-electron chi connectivity index (χ4n) is 2.89. The van der Waals surface area contributed by atoms with Crippen LogP contribution in [0.15, 0.2) is 48.5 Å². The van der Waals surface area contributed by atoms with Crippen LogP contribution in [0.1, 0.15) is 37.5 Å². The predicted octanol–water partition coefficient (Wildman–Crippen LogP) is 2.95. The molecule has 3 heteroatoms. The summed E-state index contributed by atoms with van der Waals surface area (Å²) in [4.78, 5) is 12.0. The van der Waals surface area contributed by atoms with Crippen molar-refractivity contribution in [1.29, 1.82) is 0 Å². The SMILES string of the molecule is COc1ccccc1C(C)(C(=O)[O-])c1ccc(CC(C)C)cc1. The highest BCUT2D eigenvalue weighted by atomic mass is 16.5.